The highest BCUT2D eigenvalue weighted by Crippen LogP contribution is 2.27. The smallest absolute Gasteiger partial charge is 0.410 e. The van der Waals surface area contributed by atoms with Gasteiger partial charge in [0.15, 0.2) is 0 Å². The molecule has 5 N–H and O–H groups in total. The molecule has 0 bridgehead atoms. The molecule has 0 radical (unpaired) electrons. The van der Waals surface area contributed by atoms with Crippen LogP contribution in [0.4, 0.5) is 16.2 Å². The minimum absolute atomic E-state index is 0. The summed E-state index contributed by atoms with van der Waals surface area (Å²) in [6.07, 6.45) is 8.10. The van der Waals surface area contributed by atoms with E-state index in [-0.39, 0.29) is 25.3 Å². The van der Waals surface area contributed by atoms with E-state index in [1.165, 1.54) is 0 Å². The highest BCUT2D eigenvalue weighted by molar-refractivity contribution is 6.31. The van der Waals surface area contributed by atoms with Gasteiger partial charge in [0.05, 0.1) is 70.3 Å². The number of anilines is 2. The summed E-state index contributed by atoms with van der Waals surface area (Å²) in [5, 5.41) is 29.0. The molecule has 82 heavy (non-hydrogen) atoms. The minimum atomic E-state index is -0.511. The summed E-state index contributed by atoms with van der Waals surface area (Å²) in [4.78, 5) is 63.1. The Balaban J connectivity index is 0.000000184. The van der Waals surface area contributed by atoms with Crippen molar-refractivity contribution in [3.05, 3.63) is 189 Å². The number of carbonyl (C=O) groups excluding carboxylic acids is 3. The van der Waals surface area contributed by atoms with Gasteiger partial charge in [0.25, 0.3) is 11.8 Å². The maximum atomic E-state index is 13.0. The summed E-state index contributed by atoms with van der Waals surface area (Å²) < 4.78 is 5.52. The van der Waals surface area contributed by atoms with E-state index in [1.54, 1.807) is 41.6 Å². The Morgan fingerprint density at radius 1 is 0.561 bits per heavy atom. The molecule has 0 spiro atoms. The number of rotatable bonds is 12. The second-order valence-corrected chi connectivity index (χ2v) is 22.0. The number of hydrogen-bond donors (Lipinski definition) is 5. The van der Waals surface area contributed by atoms with Crippen molar-refractivity contribution in [2.45, 2.75) is 59.7 Å². The third-order valence-electron chi connectivity index (χ3n) is 14.2. The first kappa shape index (κ1) is 56.6. The van der Waals surface area contributed by atoms with Crippen LogP contribution >= 0.6 is 23.2 Å². The van der Waals surface area contributed by atoms with Gasteiger partial charge in [0.2, 0.25) is 0 Å². The fraction of sp³-hybridized carbons (Fsp3) is 0.274. The van der Waals surface area contributed by atoms with E-state index in [9.17, 15) is 14.4 Å². The number of nitrogens with one attached hydrogen (secondary N) is 5. The normalized spacial score (nSPS) is 13.6. The van der Waals surface area contributed by atoms with Crippen LogP contribution in [0.2, 0.25) is 10.0 Å². The lowest BCUT2D eigenvalue weighted by Crippen LogP contribution is -2.50. The third-order valence-corrected chi connectivity index (χ3v) is 14.7. The lowest BCUT2D eigenvalue weighted by atomic mass is 10.0. The number of piperazine rings is 2. The Hall–Kier alpha value is -8.71. The number of carbonyl (C=O) groups is 3. The highest BCUT2D eigenvalue weighted by Gasteiger charge is 2.26. The van der Waals surface area contributed by atoms with Crippen molar-refractivity contribution in [2.24, 2.45) is 0 Å². The van der Waals surface area contributed by atoms with Crippen molar-refractivity contribution in [2.75, 3.05) is 62.2 Å². The molecule has 12 rings (SSSR count). The van der Waals surface area contributed by atoms with E-state index < -0.39 is 5.60 Å². The molecule has 3 amide bonds. The number of aromatic amines is 2. The van der Waals surface area contributed by atoms with Gasteiger partial charge in [0.1, 0.15) is 5.60 Å². The van der Waals surface area contributed by atoms with Gasteiger partial charge in [-0.05, 0) is 129 Å². The predicted octanol–water partition coefficient (Wildman–Crippen LogP) is 10.5. The number of benzene rings is 4. The minimum Gasteiger partial charge on any atom is -0.444 e. The summed E-state index contributed by atoms with van der Waals surface area (Å²) in [5.74, 6) is -0.366. The number of pyridine rings is 4. The van der Waals surface area contributed by atoms with Crippen LogP contribution in [0.5, 0.6) is 0 Å². The van der Waals surface area contributed by atoms with Crippen LogP contribution in [0.25, 0.3) is 43.6 Å². The van der Waals surface area contributed by atoms with Crippen LogP contribution in [0.1, 0.15) is 82.8 Å². The van der Waals surface area contributed by atoms with Gasteiger partial charge in [-0.15, -0.1) is 0 Å². The molecule has 0 saturated carbocycles. The largest absolute Gasteiger partial charge is 0.444 e. The van der Waals surface area contributed by atoms with Crippen LogP contribution in [0.3, 0.4) is 0 Å². The number of aromatic nitrogens is 8. The van der Waals surface area contributed by atoms with Crippen LogP contribution in [-0.4, -0.2) is 121 Å². The van der Waals surface area contributed by atoms with Crippen molar-refractivity contribution in [3.8, 4) is 0 Å². The summed E-state index contributed by atoms with van der Waals surface area (Å²) in [6, 6.07) is 34.8. The second kappa shape index (κ2) is 25.0. The van der Waals surface area contributed by atoms with E-state index in [1.807, 2.05) is 87.8 Å². The van der Waals surface area contributed by atoms with E-state index >= 15 is 0 Å². The molecule has 0 unspecified atom stereocenters. The average molecular weight is 1140 g/mol. The zero-order valence-electron chi connectivity index (χ0n) is 45.1. The van der Waals surface area contributed by atoms with Gasteiger partial charge in [-0.2, -0.15) is 10.2 Å². The van der Waals surface area contributed by atoms with Gasteiger partial charge in [-0.25, -0.2) is 4.79 Å². The molecule has 10 aromatic rings. The Morgan fingerprint density at radius 3 is 1.50 bits per heavy atom. The molecule has 2 saturated heterocycles. The SMILES string of the molecule is C.CC(C)(C)OC(=O)N1CCN(c2cnc3ccc(Cc4cc(C(=O)NCc5[nH]nc6ccc(Cl)cc56)ccn4)cc3c2)CC1.O=C(NCc1[nH]nc2ccc(Cl)cc12)c1ccnc(Cc2ccc3ncc(N4CCNCC4)cc3c2)c1. The summed E-state index contributed by atoms with van der Waals surface area (Å²) in [5.41, 5.74) is 11.6. The van der Waals surface area contributed by atoms with Gasteiger partial charge >= 0.3 is 6.09 Å². The van der Waals surface area contributed by atoms with Gasteiger partial charge < -0.3 is 35.4 Å². The third kappa shape index (κ3) is 13.7. The zero-order valence-corrected chi connectivity index (χ0v) is 46.6. The Morgan fingerprint density at radius 2 is 1.02 bits per heavy atom. The van der Waals surface area contributed by atoms with Crippen LogP contribution in [0, 0.1) is 0 Å². The summed E-state index contributed by atoms with van der Waals surface area (Å²) >= 11 is 12.3. The van der Waals surface area contributed by atoms with Crippen LogP contribution in [-0.2, 0) is 30.7 Å². The lowest BCUT2D eigenvalue weighted by molar-refractivity contribution is 0.0240. The maximum Gasteiger partial charge on any atom is 0.410 e. The fourth-order valence-corrected chi connectivity index (χ4v) is 10.4. The first-order valence-electron chi connectivity index (χ1n) is 26.9. The van der Waals surface area contributed by atoms with Gasteiger partial charge in [0, 0.05) is 132 Å². The second-order valence-electron chi connectivity index (χ2n) is 21.2. The maximum absolute atomic E-state index is 13.0. The number of H-pyrrole nitrogens is 2. The monoisotopic (exact) mass is 1140 g/mol. The number of nitrogens with zero attached hydrogens (tertiary/aromatic N) is 9. The first-order chi connectivity index (χ1) is 39.2. The molecule has 18 nitrogen and oxygen atoms in total. The lowest BCUT2D eigenvalue weighted by Gasteiger charge is -2.36. The Labute approximate surface area is 485 Å². The zero-order chi connectivity index (χ0) is 56.0. The van der Waals surface area contributed by atoms with Crippen molar-refractivity contribution < 1.29 is 19.1 Å². The van der Waals surface area contributed by atoms with Crippen LogP contribution < -0.4 is 25.8 Å². The Bertz CT molecular complexity index is 3940. The van der Waals surface area contributed by atoms with Crippen molar-refractivity contribution in [3.63, 3.8) is 0 Å². The molecule has 2 aliphatic heterocycles. The standard InChI is InChI=1S/C33H34ClN7O3.C28H26ClN7O.CH4/c1-33(2,3)44-32(43)41-12-10-40(11-13-41)26-17-23-14-21(4-6-28(23)36-19-26)15-25-16-22(8-9-35-25)31(42)37-20-30-27-18-24(34)5-7-29(27)38-39-30;29-21-2-4-26-24(15-21)27(35-34-26)17-33-28(37)19-5-6-31-22(13-19)12-18-1-3-25-20(11-18)14-23(16-32-25)36-9-7-30-8-10-36;/h4-9,14,16-19H,10-13,15,20H2,1-3H3,(H,37,42)(H,38,39);1-6,11,13-16,30H,7-10,12,17H2,(H,33,37)(H,34,35);1H4. The van der Waals surface area contributed by atoms with Gasteiger partial charge in [-0.1, -0.05) is 42.8 Å². The van der Waals surface area contributed by atoms with Crippen molar-refractivity contribution in [1.82, 2.24) is 61.2 Å². The molecule has 2 fully saturated rings. The van der Waals surface area contributed by atoms with E-state index in [0.717, 1.165) is 115 Å². The number of fused-ring (bicyclic) bond motifs is 4. The number of halogens is 2. The summed E-state index contributed by atoms with van der Waals surface area (Å²) in [6.45, 7) is 12.8. The number of hydrogen-bond acceptors (Lipinski definition) is 13. The molecule has 2 aliphatic rings. The quantitative estimate of drug-likeness (QED) is 0.0771. The van der Waals surface area contributed by atoms with Crippen molar-refractivity contribution >= 4 is 96.1 Å². The highest BCUT2D eigenvalue weighted by atomic mass is 35.5. The molecule has 4 aromatic carbocycles. The molecule has 20 heteroatoms. The molecule has 420 valence electrons. The van der Waals surface area contributed by atoms with Crippen LogP contribution in [0.15, 0.2) is 134 Å². The topological polar surface area (TPSA) is 215 Å². The van der Waals surface area contributed by atoms with Gasteiger partial charge in [-0.3, -0.25) is 39.7 Å². The fourth-order valence-electron chi connectivity index (χ4n) is 10.0. The van der Waals surface area contributed by atoms with Crippen molar-refractivity contribution in [1.29, 1.82) is 0 Å². The van der Waals surface area contributed by atoms with E-state index in [0.29, 0.717) is 73.3 Å². The molecule has 0 aliphatic carbocycles. The van der Waals surface area contributed by atoms with E-state index in [4.69, 9.17) is 27.9 Å². The molecule has 0 atom stereocenters. The first-order valence-corrected chi connectivity index (χ1v) is 27.7. The average Bonchev–Trinajstić information content (AvgIpc) is 4.11. The predicted molar refractivity (Wildman–Crippen MR) is 324 cm³/mol. The summed E-state index contributed by atoms with van der Waals surface area (Å²) in [7, 11) is 0. The molecule has 8 heterocycles. The molecular formula is C62H64Cl2N14O4. The Kier molecular flexibility index (Phi) is 17.2. The van der Waals surface area contributed by atoms with E-state index in [2.05, 4.69) is 96.4 Å². The number of amides is 3. The molecule has 6 aromatic heterocycles. The number of ether oxygens (including phenoxy) is 1. The molecular weight excluding hydrogens is 1080 g/mol.